The number of rotatable bonds is 10. The van der Waals surface area contributed by atoms with Gasteiger partial charge in [0.15, 0.2) is 0 Å². The van der Waals surface area contributed by atoms with E-state index in [0.29, 0.717) is 30.5 Å². The fourth-order valence-corrected chi connectivity index (χ4v) is 4.59. The van der Waals surface area contributed by atoms with Crippen LogP contribution in [0.2, 0.25) is 5.02 Å². The van der Waals surface area contributed by atoms with Gasteiger partial charge in [0, 0.05) is 25.0 Å². The van der Waals surface area contributed by atoms with E-state index in [0.717, 1.165) is 12.0 Å². The van der Waals surface area contributed by atoms with Crippen LogP contribution in [-0.4, -0.2) is 50.1 Å². The highest BCUT2D eigenvalue weighted by atomic mass is 35.5. The van der Waals surface area contributed by atoms with Crippen molar-refractivity contribution in [2.75, 3.05) is 20.2 Å². The van der Waals surface area contributed by atoms with Gasteiger partial charge in [0.2, 0.25) is 10.0 Å². The third kappa shape index (κ3) is 5.94. The second-order valence-electron chi connectivity index (χ2n) is 7.22. The molecular weight excluding hydrogens is 378 g/mol. The number of epoxide rings is 1. The van der Waals surface area contributed by atoms with Crippen molar-refractivity contribution in [3.05, 3.63) is 28.8 Å². The van der Waals surface area contributed by atoms with Crippen LogP contribution in [0.1, 0.15) is 44.6 Å². The number of aliphatic carboxylic acids is 1. The largest absolute Gasteiger partial charge is 0.481 e. The summed E-state index contributed by atoms with van der Waals surface area (Å²) in [5.74, 6) is -0.573. The minimum atomic E-state index is -3.68. The molecule has 1 saturated heterocycles. The van der Waals surface area contributed by atoms with E-state index in [4.69, 9.17) is 21.4 Å². The number of hydrogen-bond donors (Lipinski definition) is 1. The number of carbonyl (C=O) groups is 1. The fraction of sp³-hybridized carbons (Fsp3) is 0.611. The summed E-state index contributed by atoms with van der Waals surface area (Å²) in [6.45, 7) is 4.99. The predicted molar refractivity (Wildman–Crippen MR) is 100 cm³/mol. The molecule has 1 aromatic carbocycles. The minimum absolute atomic E-state index is 0.0326. The van der Waals surface area contributed by atoms with Crippen molar-refractivity contribution in [3.63, 3.8) is 0 Å². The summed E-state index contributed by atoms with van der Waals surface area (Å²) in [6.07, 6.45) is 1.20. The van der Waals surface area contributed by atoms with Gasteiger partial charge in [-0.2, -0.15) is 4.31 Å². The molecule has 1 aromatic rings. The highest BCUT2D eigenvalue weighted by Gasteiger charge is 2.31. The third-order valence-corrected chi connectivity index (χ3v) is 6.42. The Bertz CT molecular complexity index is 746. The quantitative estimate of drug-likeness (QED) is 0.605. The lowest BCUT2D eigenvalue weighted by atomic mass is 9.87. The van der Waals surface area contributed by atoms with E-state index >= 15 is 0 Å². The lowest BCUT2D eigenvalue weighted by Crippen LogP contribution is -2.30. The van der Waals surface area contributed by atoms with Crippen molar-refractivity contribution in [2.45, 2.75) is 50.0 Å². The average molecular weight is 404 g/mol. The summed E-state index contributed by atoms with van der Waals surface area (Å²) in [6, 6.07) is 4.80. The molecule has 0 aromatic heterocycles. The monoisotopic (exact) mass is 403 g/mol. The zero-order valence-electron chi connectivity index (χ0n) is 15.3. The number of benzene rings is 1. The van der Waals surface area contributed by atoms with E-state index in [2.05, 4.69) is 13.8 Å². The van der Waals surface area contributed by atoms with Crippen molar-refractivity contribution >= 4 is 27.6 Å². The van der Waals surface area contributed by atoms with Crippen LogP contribution >= 0.6 is 11.6 Å². The van der Waals surface area contributed by atoms with Crippen molar-refractivity contribution < 1.29 is 23.1 Å². The molecule has 6 nitrogen and oxygen atoms in total. The van der Waals surface area contributed by atoms with Crippen molar-refractivity contribution in [1.82, 2.24) is 4.31 Å². The highest BCUT2D eigenvalue weighted by Crippen LogP contribution is 2.33. The number of ether oxygens (including phenoxy) is 1. The predicted octanol–water partition coefficient (Wildman–Crippen LogP) is 3.35. The molecule has 1 N–H and O–H groups in total. The van der Waals surface area contributed by atoms with E-state index in [1.54, 1.807) is 12.1 Å². The molecule has 0 radical (unpaired) electrons. The molecule has 1 aliphatic rings. The van der Waals surface area contributed by atoms with Crippen LogP contribution in [0.5, 0.6) is 0 Å². The lowest BCUT2D eigenvalue weighted by molar-refractivity contribution is -0.137. The molecule has 1 unspecified atom stereocenters. The van der Waals surface area contributed by atoms with Crippen LogP contribution in [0.15, 0.2) is 23.1 Å². The SMILES string of the molecule is CC(C)C[C@H](CCC(=O)O)c1cc(Cl)cc(S(=O)(=O)N(C)CC2CO2)c1. The van der Waals surface area contributed by atoms with Gasteiger partial charge in [0.25, 0.3) is 0 Å². The second-order valence-corrected chi connectivity index (χ2v) is 9.70. The van der Waals surface area contributed by atoms with Gasteiger partial charge in [-0.1, -0.05) is 25.4 Å². The van der Waals surface area contributed by atoms with Crippen LogP contribution in [-0.2, 0) is 19.6 Å². The molecule has 1 aliphatic heterocycles. The number of hydrogen-bond acceptors (Lipinski definition) is 4. The van der Waals surface area contributed by atoms with Gasteiger partial charge in [0.1, 0.15) is 0 Å². The molecule has 26 heavy (non-hydrogen) atoms. The first kappa shape index (κ1) is 21.2. The number of carboxylic acids is 1. The minimum Gasteiger partial charge on any atom is -0.481 e. The first-order chi connectivity index (χ1) is 12.1. The van der Waals surface area contributed by atoms with Gasteiger partial charge >= 0.3 is 5.97 Å². The van der Waals surface area contributed by atoms with Gasteiger partial charge in [-0.15, -0.1) is 0 Å². The Kier molecular flexibility index (Phi) is 7.07. The maximum Gasteiger partial charge on any atom is 0.303 e. The summed E-state index contributed by atoms with van der Waals surface area (Å²) in [5, 5.41) is 9.34. The molecule has 1 fully saturated rings. The number of likely N-dealkylation sites (N-methyl/N-ethyl adjacent to an activating group) is 1. The molecule has 146 valence electrons. The fourth-order valence-electron chi connectivity index (χ4n) is 2.99. The van der Waals surface area contributed by atoms with Crippen LogP contribution < -0.4 is 0 Å². The molecule has 0 amide bonds. The van der Waals surface area contributed by atoms with Gasteiger partial charge in [-0.25, -0.2) is 8.42 Å². The van der Waals surface area contributed by atoms with Gasteiger partial charge in [0.05, 0.1) is 17.6 Å². The van der Waals surface area contributed by atoms with E-state index < -0.39 is 16.0 Å². The Hall–Kier alpha value is -1.15. The maximum absolute atomic E-state index is 12.8. The van der Waals surface area contributed by atoms with Crippen molar-refractivity contribution in [3.8, 4) is 0 Å². The number of carboxylic acid groups (broad SMARTS) is 1. The van der Waals surface area contributed by atoms with Gasteiger partial charge in [-0.05, 0) is 48.4 Å². The van der Waals surface area contributed by atoms with Gasteiger partial charge < -0.3 is 9.84 Å². The first-order valence-corrected chi connectivity index (χ1v) is 10.5. The Morgan fingerprint density at radius 3 is 2.58 bits per heavy atom. The van der Waals surface area contributed by atoms with Crippen LogP contribution in [0, 0.1) is 5.92 Å². The lowest BCUT2D eigenvalue weighted by Gasteiger charge is -2.21. The second kappa shape index (κ2) is 8.69. The smallest absolute Gasteiger partial charge is 0.303 e. The summed E-state index contributed by atoms with van der Waals surface area (Å²) in [7, 11) is -2.16. The Balaban J connectivity index is 2.31. The maximum atomic E-state index is 12.8. The summed E-state index contributed by atoms with van der Waals surface area (Å²) < 4.78 is 32.0. The molecule has 0 saturated carbocycles. The zero-order chi connectivity index (χ0) is 19.5. The highest BCUT2D eigenvalue weighted by molar-refractivity contribution is 7.89. The molecule has 0 spiro atoms. The topological polar surface area (TPSA) is 87.2 Å². The molecule has 0 bridgehead atoms. The van der Waals surface area contributed by atoms with E-state index in [-0.39, 0.29) is 23.3 Å². The number of sulfonamides is 1. The van der Waals surface area contributed by atoms with Crippen molar-refractivity contribution in [2.24, 2.45) is 5.92 Å². The van der Waals surface area contributed by atoms with Crippen LogP contribution in [0.3, 0.4) is 0 Å². The molecule has 8 heteroatoms. The number of nitrogens with zero attached hydrogens (tertiary/aromatic N) is 1. The molecular formula is C18H26ClNO5S. The first-order valence-electron chi connectivity index (χ1n) is 8.69. The molecule has 0 aliphatic carbocycles. The zero-order valence-corrected chi connectivity index (χ0v) is 16.9. The molecule has 1 heterocycles. The average Bonchev–Trinajstić information content (AvgIpc) is 3.34. The summed E-state index contributed by atoms with van der Waals surface area (Å²) in [4.78, 5) is 11.1. The third-order valence-electron chi connectivity index (χ3n) is 4.40. The normalized spacial score (nSPS) is 18.3. The number of halogens is 1. The van der Waals surface area contributed by atoms with Crippen molar-refractivity contribution in [1.29, 1.82) is 0 Å². The van der Waals surface area contributed by atoms with E-state index in [1.807, 2.05) is 0 Å². The Labute approximate surface area is 160 Å². The van der Waals surface area contributed by atoms with Gasteiger partial charge in [-0.3, -0.25) is 4.79 Å². The summed E-state index contributed by atoms with van der Waals surface area (Å²) in [5.41, 5.74) is 0.766. The molecule has 2 atom stereocenters. The Morgan fingerprint density at radius 2 is 2.04 bits per heavy atom. The van der Waals surface area contributed by atoms with E-state index in [9.17, 15) is 13.2 Å². The van der Waals surface area contributed by atoms with Crippen LogP contribution in [0.4, 0.5) is 0 Å². The summed E-state index contributed by atoms with van der Waals surface area (Å²) >= 11 is 6.20. The Morgan fingerprint density at radius 1 is 1.38 bits per heavy atom. The molecule has 2 rings (SSSR count). The van der Waals surface area contributed by atoms with Crippen LogP contribution in [0.25, 0.3) is 0 Å². The standard InChI is InChI=1S/C18H26ClNO5S/c1-12(2)6-13(4-5-18(21)22)14-7-15(19)9-17(8-14)26(23,24)20(3)10-16-11-25-16/h7-9,12-13,16H,4-6,10-11H2,1-3H3,(H,21,22)/t13-,16?/m0/s1. The van der Waals surface area contributed by atoms with E-state index in [1.165, 1.54) is 17.4 Å².